The molecule has 1 heterocycles. The summed E-state index contributed by atoms with van der Waals surface area (Å²) in [6, 6.07) is 6.56. The van der Waals surface area contributed by atoms with Gasteiger partial charge in [0, 0.05) is 34.5 Å². The summed E-state index contributed by atoms with van der Waals surface area (Å²) in [5.74, 6) is -0.232. The van der Waals surface area contributed by atoms with Gasteiger partial charge in [-0.05, 0) is 31.2 Å². The molecule has 2 rings (SSSR count). The summed E-state index contributed by atoms with van der Waals surface area (Å²) in [5.41, 5.74) is 1.23. The van der Waals surface area contributed by atoms with Gasteiger partial charge in [0.1, 0.15) is 5.82 Å². The zero-order chi connectivity index (χ0) is 12.4. The molecule has 88 valence electrons. The lowest BCUT2D eigenvalue weighted by atomic mass is 10.2. The van der Waals surface area contributed by atoms with E-state index in [1.165, 1.54) is 13.0 Å². The molecule has 0 aliphatic heterocycles. The molecule has 4 heteroatoms. The largest absolute Gasteiger partial charge is 0.349 e. The van der Waals surface area contributed by atoms with Gasteiger partial charge in [-0.25, -0.2) is 4.39 Å². The Morgan fingerprint density at radius 3 is 2.82 bits per heavy atom. The number of carbonyl (C=O) groups excluding carboxylic acids is 1. The zero-order valence-corrected chi connectivity index (χ0v) is 10.9. The number of halogens is 2. The van der Waals surface area contributed by atoms with Crippen LogP contribution in [0.15, 0.2) is 41.1 Å². The lowest BCUT2D eigenvalue weighted by Crippen LogP contribution is -1.99. The summed E-state index contributed by atoms with van der Waals surface area (Å²) in [6.45, 7) is 1.93. The van der Waals surface area contributed by atoms with E-state index >= 15 is 0 Å². The fourth-order valence-electron chi connectivity index (χ4n) is 1.61. The van der Waals surface area contributed by atoms with Crippen molar-refractivity contribution in [2.24, 2.45) is 0 Å². The van der Waals surface area contributed by atoms with Crippen LogP contribution in [0.3, 0.4) is 0 Å². The van der Waals surface area contributed by atoms with Crippen molar-refractivity contribution in [2.75, 3.05) is 0 Å². The molecular formula is C13H11BrFNO. The molecule has 0 atom stereocenters. The second-order valence-corrected chi connectivity index (χ2v) is 4.78. The van der Waals surface area contributed by atoms with Gasteiger partial charge in [0.15, 0.2) is 5.78 Å². The topological polar surface area (TPSA) is 22.0 Å². The van der Waals surface area contributed by atoms with Gasteiger partial charge in [-0.2, -0.15) is 0 Å². The van der Waals surface area contributed by atoms with Crippen LogP contribution in [-0.4, -0.2) is 10.4 Å². The second-order valence-electron chi connectivity index (χ2n) is 3.86. The molecule has 0 radical (unpaired) electrons. The number of ketones is 1. The van der Waals surface area contributed by atoms with E-state index in [-0.39, 0.29) is 11.6 Å². The Bertz CT molecular complexity index is 562. The Morgan fingerprint density at radius 2 is 2.18 bits per heavy atom. The van der Waals surface area contributed by atoms with Gasteiger partial charge in [-0.1, -0.05) is 15.9 Å². The SMILES string of the molecule is CC(=O)c1ccn(Cc2cc(Br)ccc2F)c1. The van der Waals surface area contributed by atoms with E-state index in [1.54, 1.807) is 35.2 Å². The Morgan fingerprint density at radius 1 is 1.41 bits per heavy atom. The smallest absolute Gasteiger partial charge is 0.161 e. The molecule has 1 aromatic carbocycles. The van der Waals surface area contributed by atoms with Crippen molar-refractivity contribution in [3.05, 3.63) is 58.1 Å². The van der Waals surface area contributed by atoms with Crippen LogP contribution >= 0.6 is 15.9 Å². The molecule has 0 saturated heterocycles. The average Bonchev–Trinajstić information content (AvgIpc) is 2.72. The van der Waals surface area contributed by atoms with Crippen molar-refractivity contribution in [1.82, 2.24) is 4.57 Å². The minimum atomic E-state index is -0.244. The minimum absolute atomic E-state index is 0.0125. The minimum Gasteiger partial charge on any atom is -0.349 e. The summed E-state index contributed by atoms with van der Waals surface area (Å²) >= 11 is 3.31. The number of nitrogens with zero attached hydrogens (tertiary/aromatic N) is 1. The van der Waals surface area contributed by atoms with E-state index in [4.69, 9.17) is 0 Å². The van der Waals surface area contributed by atoms with Gasteiger partial charge in [0.2, 0.25) is 0 Å². The molecular weight excluding hydrogens is 285 g/mol. The number of Topliss-reactive ketones (excluding diaryl/α,β-unsaturated/α-hetero) is 1. The molecule has 2 aromatic rings. The third kappa shape index (κ3) is 2.82. The highest BCUT2D eigenvalue weighted by molar-refractivity contribution is 9.10. The van der Waals surface area contributed by atoms with Gasteiger partial charge < -0.3 is 4.57 Å². The Hall–Kier alpha value is -1.42. The molecule has 0 aliphatic carbocycles. The third-order valence-electron chi connectivity index (χ3n) is 2.52. The number of rotatable bonds is 3. The lowest BCUT2D eigenvalue weighted by molar-refractivity contribution is 0.101. The maximum absolute atomic E-state index is 13.5. The molecule has 0 N–H and O–H groups in total. The zero-order valence-electron chi connectivity index (χ0n) is 9.28. The Labute approximate surface area is 107 Å². The van der Waals surface area contributed by atoms with E-state index in [2.05, 4.69) is 15.9 Å². The normalized spacial score (nSPS) is 10.5. The maximum atomic E-state index is 13.5. The summed E-state index contributed by atoms with van der Waals surface area (Å²) in [6.07, 6.45) is 3.50. The molecule has 0 saturated carbocycles. The van der Waals surface area contributed by atoms with Crippen LogP contribution in [0.5, 0.6) is 0 Å². The highest BCUT2D eigenvalue weighted by atomic mass is 79.9. The fourth-order valence-corrected chi connectivity index (χ4v) is 2.02. The van der Waals surface area contributed by atoms with Crippen LogP contribution in [0.2, 0.25) is 0 Å². The van der Waals surface area contributed by atoms with E-state index < -0.39 is 0 Å². The van der Waals surface area contributed by atoms with E-state index in [9.17, 15) is 9.18 Å². The van der Waals surface area contributed by atoms with Crippen LogP contribution < -0.4 is 0 Å². The monoisotopic (exact) mass is 295 g/mol. The Kier molecular flexibility index (Phi) is 3.43. The molecule has 17 heavy (non-hydrogen) atoms. The van der Waals surface area contributed by atoms with Gasteiger partial charge >= 0.3 is 0 Å². The third-order valence-corrected chi connectivity index (χ3v) is 3.01. The summed E-state index contributed by atoms with van der Waals surface area (Å²) in [4.78, 5) is 11.1. The van der Waals surface area contributed by atoms with E-state index in [1.807, 2.05) is 0 Å². The van der Waals surface area contributed by atoms with Crippen LogP contribution in [0.25, 0.3) is 0 Å². The van der Waals surface area contributed by atoms with Gasteiger partial charge in [-0.15, -0.1) is 0 Å². The molecule has 0 spiro atoms. The van der Waals surface area contributed by atoms with Gasteiger partial charge in [0.25, 0.3) is 0 Å². The van der Waals surface area contributed by atoms with Gasteiger partial charge in [0.05, 0.1) is 0 Å². The summed E-state index contributed by atoms with van der Waals surface area (Å²) in [7, 11) is 0. The number of carbonyl (C=O) groups is 1. The highest BCUT2D eigenvalue weighted by Gasteiger charge is 2.06. The average molecular weight is 296 g/mol. The van der Waals surface area contributed by atoms with Crippen molar-refractivity contribution in [3.8, 4) is 0 Å². The number of hydrogen-bond donors (Lipinski definition) is 0. The van der Waals surface area contributed by atoms with Crippen LogP contribution in [0.1, 0.15) is 22.8 Å². The van der Waals surface area contributed by atoms with Crippen molar-refractivity contribution >= 4 is 21.7 Å². The quantitative estimate of drug-likeness (QED) is 0.793. The summed E-state index contributed by atoms with van der Waals surface area (Å²) < 4.78 is 16.2. The predicted molar refractivity (Wildman–Crippen MR) is 67.6 cm³/mol. The molecule has 0 unspecified atom stereocenters. The first-order valence-corrected chi connectivity index (χ1v) is 5.96. The lowest BCUT2D eigenvalue weighted by Gasteiger charge is -2.05. The highest BCUT2D eigenvalue weighted by Crippen LogP contribution is 2.17. The molecule has 2 nitrogen and oxygen atoms in total. The standard InChI is InChI=1S/C13H11BrFNO/c1-9(17)10-4-5-16(7-10)8-11-6-12(14)2-3-13(11)15/h2-7H,8H2,1H3. The second kappa shape index (κ2) is 4.84. The molecule has 0 bridgehead atoms. The first kappa shape index (κ1) is 12.0. The Balaban J connectivity index is 2.25. The molecule has 1 aromatic heterocycles. The van der Waals surface area contributed by atoms with E-state index in [0.29, 0.717) is 17.7 Å². The first-order valence-electron chi connectivity index (χ1n) is 5.17. The number of benzene rings is 1. The number of aromatic nitrogens is 1. The van der Waals surface area contributed by atoms with Crippen LogP contribution in [0, 0.1) is 5.82 Å². The number of hydrogen-bond acceptors (Lipinski definition) is 1. The van der Waals surface area contributed by atoms with Crippen molar-refractivity contribution < 1.29 is 9.18 Å². The van der Waals surface area contributed by atoms with Crippen molar-refractivity contribution in [1.29, 1.82) is 0 Å². The summed E-state index contributed by atoms with van der Waals surface area (Å²) in [5, 5.41) is 0. The van der Waals surface area contributed by atoms with Gasteiger partial charge in [-0.3, -0.25) is 4.79 Å². The van der Waals surface area contributed by atoms with Crippen LogP contribution in [-0.2, 0) is 6.54 Å². The molecule has 0 aliphatic rings. The molecule has 0 amide bonds. The predicted octanol–water partition coefficient (Wildman–Crippen LogP) is 3.64. The van der Waals surface area contributed by atoms with Crippen LogP contribution in [0.4, 0.5) is 4.39 Å². The fraction of sp³-hybridized carbons (Fsp3) is 0.154. The van der Waals surface area contributed by atoms with Crippen molar-refractivity contribution in [2.45, 2.75) is 13.5 Å². The van der Waals surface area contributed by atoms with E-state index in [0.717, 1.165) is 4.47 Å². The van der Waals surface area contributed by atoms with Crippen molar-refractivity contribution in [3.63, 3.8) is 0 Å². The molecule has 0 fully saturated rings. The maximum Gasteiger partial charge on any atom is 0.161 e. The first-order chi connectivity index (χ1) is 8.06.